The summed E-state index contributed by atoms with van der Waals surface area (Å²) in [6.07, 6.45) is 8.93. The number of rotatable bonds is 6. The molecule has 2 heterocycles. The van der Waals surface area contributed by atoms with Crippen LogP contribution in [0.15, 0.2) is 55.5 Å². The molecular weight excluding hydrogens is 412 g/mol. The zero-order valence-corrected chi connectivity index (χ0v) is 18.0. The standard InChI is InChI=1S/C24H25F2N5O/c1-4-9-24(3)10-5-6-18(22(24)26)15(2)20-13-27-23(30-29-20)19-8-7-17(11-21(19)32)31-14-16(25)12-28-31/h5,7-8,10-14,18,22,32H,2,4,6,9H2,1,3H3/t18-,22+,24-/m1/s1. The number of benzene rings is 1. The van der Waals surface area contributed by atoms with E-state index in [1.807, 2.05) is 26.0 Å². The number of hydrogen-bond acceptors (Lipinski definition) is 5. The maximum Gasteiger partial charge on any atom is 0.185 e. The first-order valence-corrected chi connectivity index (χ1v) is 10.6. The molecule has 0 aliphatic heterocycles. The Morgan fingerprint density at radius 3 is 2.75 bits per heavy atom. The first kappa shape index (κ1) is 21.8. The van der Waals surface area contributed by atoms with E-state index in [-0.39, 0.29) is 17.5 Å². The predicted molar refractivity (Wildman–Crippen MR) is 118 cm³/mol. The minimum absolute atomic E-state index is 0.0941. The van der Waals surface area contributed by atoms with Crippen molar-refractivity contribution in [1.29, 1.82) is 0 Å². The van der Waals surface area contributed by atoms with Gasteiger partial charge in [0.1, 0.15) is 17.6 Å². The number of nitrogens with zero attached hydrogens (tertiary/aromatic N) is 5. The van der Waals surface area contributed by atoms with Gasteiger partial charge in [-0.05, 0) is 30.5 Å². The molecule has 6 nitrogen and oxygen atoms in total. The zero-order chi connectivity index (χ0) is 22.9. The van der Waals surface area contributed by atoms with E-state index >= 15 is 4.39 Å². The normalized spacial score (nSPS) is 22.8. The summed E-state index contributed by atoms with van der Waals surface area (Å²) in [4.78, 5) is 4.31. The highest BCUT2D eigenvalue weighted by atomic mass is 19.1. The lowest BCUT2D eigenvalue weighted by Gasteiger charge is -2.38. The molecular formula is C24H25F2N5O. The number of hydrogen-bond donors (Lipinski definition) is 1. The molecule has 0 radical (unpaired) electrons. The van der Waals surface area contributed by atoms with Gasteiger partial charge in [-0.1, -0.05) is 39.0 Å². The van der Waals surface area contributed by atoms with Gasteiger partial charge in [-0.25, -0.2) is 18.4 Å². The maximum atomic E-state index is 15.4. The Labute approximate surface area is 185 Å². The van der Waals surface area contributed by atoms with Crippen LogP contribution in [0.1, 0.15) is 38.8 Å². The number of phenols is 1. The van der Waals surface area contributed by atoms with Crippen molar-refractivity contribution in [3.05, 3.63) is 67.0 Å². The molecule has 1 aromatic carbocycles. The third-order valence-corrected chi connectivity index (χ3v) is 6.04. The van der Waals surface area contributed by atoms with Gasteiger partial charge in [-0.15, -0.1) is 10.2 Å². The molecule has 0 unspecified atom stereocenters. The van der Waals surface area contributed by atoms with E-state index in [1.54, 1.807) is 12.1 Å². The average molecular weight is 437 g/mol. The fourth-order valence-electron chi connectivity index (χ4n) is 4.26. The Kier molecular flexibility index (Phi) is 5.86. The second-order valence-electron chi connectivity index (χ2n) is 8.40. The van der Waals surface area contributed by atoms with E-state index in [9.17, 15) is 9.50 Å². The molecule has 2 aromatic heterocycles. The number of halogens is 2. The van der Waals surface area contributed by atoms with Gasteiger partial charge in [0.05, 0.1) is 29.8 Å². The van der Waals surface area contributed by atoms with Crippen LogP contribution in [0.5, 0.6) is 5.75 Å². The van der Waals surface area contributed by atoms with Crippen molar-refractivity contribution in [2.75, 3.05) is 0 Å². The van der Waals surface area contributed by atoms with Gasteiger partial charge in [0.25, 0.3) is 0 Å². The summed E-state index contributed by atoms with van der Waals surface area (Å²) < 4.78 is 29.9. The largest absolute Gasteiger partial charge is 0.507 e. The van der Waals surface area contributed by atoms with Crippen LogP contribution in [0, 0.1) is 17.2 Å². The van der Waals surface area contributed by atoms with Gasteiger partial charge in [0.15, 0.2) is 11.6 Å². The Hall–Kier alpha value is -3.42. The van der Waals surface area contributed by atoms with E-state index in [2.05, 4.69) is 26.9 Å². The van der Waals surface area contributed by atoms with Gasteiger partial charge in [0.2, 0.25) is 0 Å². The lowest BCUT2D eigenvalue weighted by atomic mass is 9.69. The molecule has 0 bridgehead atoms. The van der Waals surface area contributed by atoms with E-state index in [4.69, 9.17) is 0 Å². The highest BCUT2D eigenvalue weighted by Crippen LogP contribution is 2.44. The number of aromatic hydroxyl groups is 1. The summed E-state index contributed by atoms with van der Waals surface area (Å²) in [5, 5.41) is 22.6. The molecule has 0 spiro atoms. The van der Waals surface area contributed by atoms with Crippen molar-refractivity contribution in [2.24, 2.45) is 11.3 Å². The van der Waals surface area contributed by atoms with Crippen molar-refractivity contribution < 1.29 is 13.9 Å². The number of allylic oxidation sites excluding steroid dienone is 3. The predicted octanol–water partition coefficient (Wildman–Crippen LogP) is 5.30. The second-order valence-corrected chi connectivity index (χ2v) is 8.40. The molecule has 166 valence electrons. The molecule has 1 aliphatic carbocycles. The zero-order valence-electron chi connectivity index (χ0n) is 18.0. The fraction of sp³-hybridized carbons (Fsp3) is 0.333. The molecule has 0 fully saturated rings. The van der Waals surface area contributed by atoms with Crippen molar-refractivity contribution in [3.63, 3.8) is 0 Å². The average Bonchev–Trinajstić information content (AvgIpc) is 3.22. The van der Waals surface area contributed by atoms with Crippen LogP contribution >= 0.6 is 0 Å². The summed E-state index contributed by atoms with van der Waals surface area (Å²) in [6, 6.07) is 4.71. The van der Waals surface area contributed by atoms with Gasteiger partial charge in [-0.2, -0.15) is 5.10 Å². The smallest absolute Gasteiger partial charge is 0.185 e. The summed E-state index contributed by atoms with van der Waals surface area (Å²) in [7, 11) is 0. The highest BCUT2D eigenvalue weighted by Gasteiger charge is 2.40. The minimum Gasteiger partial charge on any atom is -0.507 e. The van der Waals surface area contributed by atoms with Crippen LogP contribution in [-0.2, 0) is 0 Å². The van der Waals surface area contributed by atoms with E-state index in [0.29, 0.717) is 28.9 Å². The lowest BCUT2D eigenvalue weighted by molar-refractivity contribution is 0.113. The summed E-state index contributed by atoms with van der Waals surface area (Å²) in [5.74, 6) is -0.742. The number of aromatic nitrogens is 5. The molecule has 8 heteroatoms. The molecule has 32 heavy (non-hydrogen) atoms. The van der Waals surface area contributed by atoms with Gasteiger partial charge in [0, 0.05) is 17.4 Å². The topological polar surface area (TPSA) is 76.7 Å². The van der Waals surface area contributed by atoms with Gasteiger partial charge < -0.3 is 5.11 Å². The van der Waals surface area contributed by atoms with Crippen LogP contribution in [0.4, 0.5) is 8.78 Å². The van der Waals surface area contributed by atoms with E-state index in [0.717, 1.165) is 19.0 Å². The highest BCUT2D eigenvalue weighted by molar-refractivity contribution is 5.67. The maximum absolute atomic E-state index is 15.4. The summed E-state index contributed by atoms with van der Waals surface area (Å²) >= 11 is 0. The van der Waals surface area contributed by atoms with E-state index < -0.39 is 17.4 Å². The Bertz CT molecular complexity index is 1160. The summed E-state index contributed by atoms with van der Waals surface area (Å²) in [6.45, 7) is 8.07. The molecule has 1 N–H and O–H groups in total. The van der Waals surface area contributed by atoms with Crippen LogP contribution in [0.25, 0.3) is 22.6 Å². The number of phenolic OH excluding ortho intramolecular Hbond substituents is 1. The lowest BCUT2D eigenvalue weighted by Crippen LogP contribution is -2.36. The van der Waals surface area contributed by atoms with Gasteiger partial charge in [-0.3, -0.25) is 0 Å². The van der Waals surface area contributed by atoms with Crippen LogP contribution in [0.2, 0.25) is 0 Å². The molecule has 1 aliphatic rings. The summed E-state index contributed by atoms with van der Waals surface area (Å²) in [5.41, 5.74) is 1.33. The Balaban J connectivity index is 1.54. The quantitative estimate of drug-likeness (QED) is 0.530. The fourth-order valence-corrected chi connectivity index (χ4v) is 4.26. The first-order valence-electron chi connectivity index (χ1n) is 10.6. The Morgan fingerprint density at radius 1 is 1.31 bits per heavy atom. The first-order chi connectivity index (χ1) is 15.3. The van der Waals surface area contributed by atoms with Crippen molar-refractivity contribution >= 4 is 5.57 Å². The SMILES string of the molecule is C=C(c1cnc(-c2ccc(-n3cc(F)cn3)cc2O)nn1)[C@H]1CC=C[C@@](C)(CCC)[C@H]1F. The van der Waals surface area contributed by atoms with Crippen LogP contribution in [0.3, 0.4) is 0 Å². The third kappa shape index (κ3) is 4.04. The van der Waals surface area contributed by atoms with E-state index in [1.165, 1.54) is 23.1 Å². The molecule has 3 aromatic rings. The van der Waals surface area contributed by atoms with Crippen LogP contribution in [-0.4, -0.2) is 36.2 Å². The minimum atomic E-state index is -1.06. The molecule has 3 atom stereocenters. The monoisotopic (exact) mass is 437 g/mol. The van der Waals surface area contributed by atoms with Crippen LogP contribution < -0.4 is 0 Å². The van der Waals surface area contributed by atoms with Crippen molar-refractivity contribution in [2.45, 2.75) is 39.3 Å². The second kappa shape index (κ2) is 8.61. The molecule has 0 saturated heterocycles. The van der Waals surface area contributed by atoms with Crippen molar-refractivity contribution in [3.8, 4) is 22.8 Å². The molecule has 0 amide bonds. The third-order valence-electron chi connectivity index (χ3n) is 6.04. The number of alkyl halides is 1. The molecule has 4 rings (SSSR count). The Morgan fingerprint density at radius 2 is 2.12 bits per heavy atom. The van der Waals surface area contributed by atoms with Gasteiger partial charge >= 0.3 is 0 Å². The van der Waals surface area contributed by atoms with Crippen molar-refractivity contribution in [1.82, 2.24) is 25.0 Å². The molecule has 0 saturated carbocycles.